The Morgan fingerprint density at radius 1 is 1.14 bits per heavy atom. The highest BCUT2D eigenvalue weighted by Crippen LogP contribution is 2.40. The third-order valence-corrected chi connectivity index (χ3v) is 8.11. The van der Waals surface area contributed by atoms with Gasteiger partial charge in [0, 0.05) is 34.8 Å². The highest BCUT2D eigenvalue weighted by molar-refractivity contribution is 7.91. The number of rotatable bonds is 7. The Hall–Kier alpha value is -3.92. The summed E-state index contributed by atoms with van der Waals surface area (Å²) in [5, 5.41) is 7.82. The van der Waals surface area contributed by atoms with Gasteiger partial charge in [-0.05, 0) is 48.6 Å². The zero-order valence-electron chi connectivity index (χ0n) is 22.4. The van der Waals surface area contributed by atoms with Gasteiger partial charge in [0.2, 0.25) is 5.91 Å². The minimum absolute atomic E-state index is 0.0502. The molecule has 2 aliphatic rings. The van der Waals surface area contributed by atoms with Crippen molar-refractivity contribution in [2.75, 3.05) is 30.5 Å². The van der Waals surface area contributed by atoms with Gasteiger partial charge in [0.25, 0.3) is 5.91 Å². The number of aromatic nitrogens is 1. The van der Waals surface area contributed by atoms with E-state index in [0.29, 0.717) is 28.3 Å². The van der Waals surface area contributed by atoms with Crippen molar-refractivity contribution in [3.63, 3.8) is 0 Å². The molecule has 0 bridgehead atoms. The second-order valence-corrected chi connectivity index (χ2v) is 10.8. The first-order valence-electron chi connectivity index (χ1n) is 12.9. The van der Waals surface area contributed by atoms with Crippen LogP contribution in [-0.4, -0.2) is 45.1 Å². The summed E-state index contributed by atoms with van der Waals surface area (Å²) in [6.07, 6.45) is 3.23. The largest absolute Gasteiger partial charge is 0.494 e. The van der Waals surface area contributed by atoms with E-state index in [1.165, 1.54) is 19.4 Å². The molecule has 0 spiro atoms. The van der Waals surface area contributed by atoms with Crippen LogP contribution in [0.4, 0.5) is 17.2 Å². The molecule has 1 aliphatic carbocycles. The number of carbonyl (C=O) groups excluding carboxylic acids is 2. The molecule has 1 aromatic heterocycles. The van der Waals surface area contributed by atoms with Crippen LogP contribution in [0.3, 0.4) is 0 Å². The lowest BCUT2D eigenvalue weighted by atomic mass is 10.00. The van der Waals surface area contributed by atoms with Gasteiger partial charge >= 0.3 is 0 Å². The van der Waals surface area contributed by atoms with E-state index in [1.807, 2.05) is 17.4 Å². The summed E-state index contributed by atoms with van der Waals surface area (Å²) in [6.45, 7) is -2.72. The maximum atomic E-state index is 12.8. The topological polar surface area (TPSA) is 126 Å². The Bertz CT molecular complexity index is 1590. The Morgan fingerprint density at radius 3 is 2.72 bits per heavy atom. The van der Waals surface area contributed by atoms with E-state index in [2.05, 4.69) is 15.6 Å². The van der Waals surface area contributed by atoms with E-state index in [4.69, 9.17) is 8.85 Å². The molecule has 0 atom stereocenters. The Morgan fingerprint density at radius 2 is 1.97 bits per heavy atom. The van der Waals surface area contributed by atoms with E-state index >= 15 is 0 Å². The molecule has 1 aliphatic heterocycles. The number of hydrogen-bond donors (Lipinski definition) is 3. The monoisotopic (exact) mass is 509 g/mol. The Labute approximate surface area is 213 Å². The van der Waals surface area contributed by atoms with Gasteiger partial charge in [0.05, 0.1) is 34.7 Å². The number of benzene rings is 2. The molecule has 1 saturated carbocycles. The number of hydrogen-bond acceptors (Lipinski definition) is 7. The second kappa shape index (κ2) is 9.27. The SMILES string of the molecule is [2H]C([2H])([2H])NC(=O)c1cnc(NC(=O)C2CC2)cc1Nc1cccc(-c2ccc3c(c2)CCS3(=O)=O)c1OC. The van der Waals surface area contributed by atoms with Crippen LogP contribution in [-0.2, 0) is 21.1 Å². The van der Waals surface area contributed by atoms with Crippen LogP contribution in [0.2, 0.25) is 0 Å². The van der Waals surface area contributed by atoms with Crippen molar-refractivity contribution in [2.45, 2.75) is 24.2 Å². The highest BCUT2D eigenvalue weighted by Gasteiger charge is 2.30. The first kappa shape index (κ1) is 20.3. The average molecular weight is 510 g/mol. The van der Waals surface area contributed by atoms with E-state index in [1.54, 1.807) is 24.3 Å². The van der Waals surface area contributed by atoms with Gasteiger partial charge in [-0.25, -0.2) is 13.4 Å². The van der Waals surface area contributed by atoms with Crippen LogP contribution in [0.25, 0.3) is 11.1 Å². The molecule has 9 nitrogen and oxygen atoms in total. The summed E-state index contributed by atoms with van der Waals surface area (Å²) in [7, 11) is -1.78. The second-order valence-electron chi connectivity index (χ2n) is 8.74. The van der Waals surface area contributed by atoms with Crippen molar-refractivity contribution >= 4 is 38.8 Å². The number of ether oxygens (including phenoxy) is 1. The lowest BCUT2D eigenvalue weighted by molar-refractivity contribution is -0.117. The van der Waals surface area contributed by atoms with Gasteiger partial charge in [-0.1, -0.05) is 18.2 Å². The number of pyridine rings is 1. The maximum Gasteiger partial charge on any atom is 0.254 e. The van der Waals surface area contributed by atoms with E-state index in [0.717, 1.165) is 24.0 Å². The third kappa shape index (κ3) is 4.51. The number of fused-ring (bicyclic) bond motifs is 1. The molecule has 2 aromatic carbocycles. The number of methoxy groups -OCH3 is 1. The first-order chi connectivity index (χ1) is 18.4. The van der Waals surface area contributed by atoms with E-state index in [-0.39, 0.29) is 34.6 Å². The molecule has 186 valence electrons. The van der Waals surface area contributed by atoms with Crippen LogP contribution >= 0.6 is 0 Å². The number of nitrogens with one attached hydrogen (secondary N) is 3. The lowest BCUT2D eigenvalue weighted by Crippen LogP contribution is -2.20. The number of carbonyl (C=O) groups is 2. The molecule has 2 heterocycles. The highest BCUT2D eigenvalue weighted by atomic mass is 32.2. The van der Waals surface area contributed by atoms with E-state index in [9.17, 15) is 18.0 Å². The molecule has 3 aromatic rings. The molecule has 3 N–H and O–H groups in total. The number of aryl methyl sites for hydroxylation is 1. The van der Waals surface area contributed by atoms with Gasteiger partial charge in [0.15, 0.2) is 9.84 Å². The van der Waals surface area contributed by atoms with Gasteiger partial charge in [-0.15, -0.1) is 0 Å². The lowest BCUT2D eigenvalue weighted by Gasteiger charge is -2.18. The summed E-state index contributed by atoms with van der Waals surface area (Å²) in [4.78, 5) is 29.6. The number of amides is 2. The molecule has 0 saturated heterocycles. The molecule has 10 heteroatoms. The van der Waals surface area contributed by atoms with Crippen molar-refractivity contribution in [3.8, 4) is 16.9 Å². The fraction of sp³-hybridized carbons (Fsp3) is 0.269. The Kier molecular flexibility index (Phi) is 5.22. The van der Waals surface area contributed by atoms with Crippen LogP contribution in [0, 0.1) is 5.92 Å². The fourth-order valence-corrected chi connectivity index (χ4v) is 5.82. The quantitative estimate of drug-likeness (QED) is 0.445. The maximum absolute atomic E-state index is 12.8. The van der Waals surface area contributed by atoms with Gasteiger partial charge in [0.1, 0.15) is 11.6 Å². The van der Waals surface area contributed by atoms with Crippen LogP contribution in [0.5, 0.6) is 5.75 Å². The molecule has 2 amide bonds. The zero-order valence-corrected chi connectivity index (χ0v) is 20.2. The van der Waals surface area contributed by atoms with Crippen LogP contribution in [0.1, 0.15) is 32.9 Å². The molecular formula is C26H26N4O5S. The predicted molar refractivity (Wildman–Crippen MR) is 136 cm³/mol. The minimum atomic E-state index is -3.27. The van der Waals surface area contributed by atoms with Crippen LogP contribution < -0.4 is 20.7 Å². The molecule has 5 rings (SSSR count). The molecule has 1 fully saturated rings. The van der Waals surface area contributed by atoms with E-state index < -0.39 is 22.7 Å². The van der Waals surface area contributed by atoms with Gasteiger partial charge < -0.3 is 20.7 Å². The zero-order chi connectivity index (χ0) is 27.9. The van der Waals surface area contributed by atoms with Crippen molar-refractivity contribution in [1.82, 2.24) is 10.3 Å². The normalized spacial score (nSPS) is 17.2. The van der Waals surface area contributed by atoms with Crippen molar-refractivity contribution in [1.29, 1.82) is 0 Å². The van der Waals surface area contributed by atoms with Gasteiger partial charge in [-0.3, -0.25) is 9.59 Å². The molecule has 0 unspecified atom stereocenters. The standard InChI is InChI=1S/C26H26N4O5S/c1-27-26(32)19-14-28-23(30-25(31)15-6-7-15)13-21(19)29-20-5-3-4-18(24(20)35-2)16-8-9-22-17(12-16)10-11-36(22,33)34/h3-5,8-9,12-15H,6-7,10-11H2,1-2H3,(H,27,32)(H2,28,29,30,31)/i1D3. The minimum Gasteiger partial charge on any atom is -0.494 e. The first-order valence-corrected chi connectivity index (χ1v) is 13.0. The summed E-state index contributed by atoms with van der Waals surface area (Å²) in [5.74, 6) is -0.421. The summed E-state index contributed by atoms with van der Waals surface area (Å²) < 4.78 is 52.4. The Balaban J connectivity index is 1.53. The molecular weight excluding hydrogens is 480 g/mol. The predicted octanol–water partition coefficient (Wildman–Crippen LogP) is 3.54. The summed E-state index contributed by atoms with van der Waals surface area (Å²) in [5.41, 5.74) is 2.77. The number of nitrogens with zero attached hydrogens (tertiary/aromatic N) is 1. The van der Waals surface area contributed by atoms with Crippen LogP contribution in [0.15, 0.2) is 53.6 Å². The molecule has 36 heavy (non-hydrogen) atoms. The average Bonchev–Trinajstić information content (AvgIpc) is 3.68. The third-order valence-electron chi connectivity index (χ3n) is 6.30. The molecule has 0 radical (unpaired) electrons. The van der Waals surface area contributed by atoms with Crippen molar-refractivity contribution in [3.05, 3.63) is 59.8 Å². The summed E-state index contributed by atoms with van der Waals surface area (Å²) in [6, 6.07) is 11.9. The smallest absolute Gasteiger partial charge is 0.254 e. The van der Waals surface area contributed by atoms with Crippen molar-refractivity contribution < 1.29 is 26.9 Å². The number of anilines is 3. The van der Waals surface area contributed by atoms with Gasteiger partial charge in [-0.2, -0.15) is 0 Å². The number of sulfone groups is 1. The van der Waals surface area contributed by atoms with Crippen molar-refractivity contribution in [2.24, 2.45) is 5.92 Å². The number of para-hydroxylation sites is 1. The fourth-order valence-electron chi connectivity index (χ4n) is 4.28. The summed E-state index contributed by atoms with van der Waals surface area (Å²) >= 11 is 0.